The van der Waals surface area contributed by atoms with Gasteiger partial charge in [-0.15, -0.1) is 0 Å². The van der Waals surface area contributed by atoms with Gasteiger partial charge in [0.2, 0.25) is 11.0 Å². The van der Waals surface area contributed by atoms with E-state index in [0.717, 1.165) is 16.6 Å². The molecular formula is C13H16N4OS. The molecule has 0 spiro atoms. The van der Waals surface area contributed by atoms with E-state index < -0.39 is 0 Å². The largest absolute Gasteiger partial charge is 0.341 e. The summed E-state index contributed by atoms with van der Waals surface area (Å²) >= 11 is 1.29. The lowest BCUT2D eigenvalue weighted by atomic mass is 10.2. The monoisotopic (exact) mass is 276 g/mol. The normalized spacial score (nSPS) is 10.3. The Morgan fingerprint density at radius 3 is 2.58 bits per heavy atom. The minimum absolute atomic E-state index is 0.0702. The van der Waals surface area contributed by atoms with Crippen LogP contribution in [-0.4, -0.2) is 28.9 Å². The molecule has 1 heterocycles. The molecule has 1 aromatic heterocycles. The lowest BCUT2D eigenvalue weighted by Gasteiger charge is -2.14. The fourth-order valence-electron chi connectivity index (χ4n) is 1.56. The molecule has 1 amide bonds. The maximum Gasteiger partial charge on any atom is 0.243 e. The number of aryl methyl sites for hydroxylation is 2. The maximum atomic E-state index is 11.9. The molecular weight excluding hydrogens is 260 g/mol. The van der Waals surface area contributed by atoms with Crippen molar-refractivity contribution in [1.29, 1.82) is 0 Å². The zero-order valence-corrected chi connectivity index (χ0v) is 12.0. The van der Waals surface area contributed by atoms with Crippen molar-refractivity contribution < 1.29 is 4.79 Å². The van der Waals surface area contributed by atoms with Gasteiger partial charge in [-0.3, -0.25) is 4.79 Å². The van der Waals surface area contributed by atoms with E-state index in [9.17, 15) is 4.79 Å². The van der Waals surface area contributed by atoms with E-state index in [1.54, 1.807) is 4.90 Å². The predicted molar refractivity (Wildman–Crippen MR) is 77.7 cm³/mol. The Bertz CT molecular complexity index is 564. The van der Waals surface area contributed by atoms with Crippen molar-refractivity contribution in [3.63, 3.8) is 0 Å². The van der Waals surface area contributed by atoms with E-state index >= 15 is 0 Å². The molecule has 0 aliphatic heterocycles. The third-order valence-corrected chi connectivity index (χ3v) is 3.48. The van der Waals surface area contributed by atoms with Crippen LogP contribution >= 0.6 is 11.5 Å². The van der Waals surface area contributed by atoms with Crippen LogP contribution in [0.15, 0.2) is 24.3 Å². The van der Waals surface area contributed by atoms with E-state index in [0.29, 0.717) is 0 Å². The molecule has 0 unspecified atom stereocenters. The van der Waals surface area contributed by atoms with Crippen LogP contribution in [0.2, 0.25) is 0 Å². The highest BCUT2D eigenvalue weighted by molar-refractivity contribution is 7.09. The third-order valence-electron chi connectivity index (χ3n) is 2.56. The molecule has 0 atom stereocenters. The van der Waals surface area contributed by atoms with Crippen molar-refractivity contribution >= 4 is 28.3 Å². The van der Waals surface area contributed by atoms with Crippen LogP contribution < -0.4 is 10.2 Å². The molecule has 0 aliphatic rings. The molecule has 100 valence electrons. The quantitative estimate of drug-likeness (QED) is 0.930. The number of carbonyl (C=O) groups excluding carboxylic acids is 1. The SMILES string of the molecule is Cc1ccc(NC(=O)CN(C)c2nc(C)ns2)cc1. The fraction of sp³-hybridized carbons (Fsp3) is 0.308. The first-order valence-corrected chi connectivity index (χ1v) is 6.70. The topological polar surface area (TPSA) is 58.1 Å². The first-order valence-electron chi connectivity index (χ1n) is 5.92. The number of likely N-dealkylation sites (N-methyl/N-ethyl adjacent to an activating group) is 1. The van der Waals surface area contributed by atoms with Crippen molar-refractivity contribution in [3.05, 3.63) is 35.7 Å². The van der Waals surface area contributed by atoms with Gasteiger partial charge in [0.25, 0.3) is 0 Å². The molecule has 6 heteroatoms. The smallest absolute Gasteiger partial charge is 0.243 e. The minimum Gasteiger partial charge on any atom is -0.341 e. The summed E-state index contributed by atoms with van der Waals surface area (Å²) in [6, 6.07) is 7.71. The highest BCUT2D eigenvalue weighted by atomic mass is 32.1. The summed E-state index contributed by atoms with van der Waals surface area (Å²) in [6.07, 6.45) is 0. The van der Waals surface area contributed by atoms with Gasteiger partial charge in [-0.2, -0.15) is 4.37 Å². The Labute approximate surface area is 116 Å². The second-order valence-corrected chi connectivity index (χ2v) is 5.12. The lowest BCUT2D eigenvalue weighted by Crippen LogP contribution is -2.29. The molecule has 5 nitrogen and oxygen atoms in total. The van der Waals surface area contributed by atoms with Crippen LogP contribution in [0.3, 0.4) is 0 Å². The molecule has 0 bridgehead atoms. The predicted octanol–water partition coefficient (Wildman–Crippen LogP) is 2.23. The van der Waals surface area contributed by atoms with Crippen molar-refractivity contribution in [2.75, 3.05) is 23.8 Å². The third kappa shape index (κ3) is 3.75. The summed E-state index contributed by atoms with van der Waals surface area (Å²) < 4.78 is 4.10. The second-order valence-electron chi connectivity index (χ2n) is 4.39. The maximum absolute atomic E-state index is 11.9. The first kappa shape index (κ1) is 13.5. The summed E-state index contributed by atoms with van der Waals surface area (Å²) in [6.45, 7) is 4.10. The number of anilines is 2. The van der Waals surface area contributed by atoms with Crippen molar-refractivity contribution in [1.82, 2.24) is 9.36 Å². The number of benzene rings is 1. The standard InChI is InChI=1S/C13H16N4OS/c1-9-4-6-11(7-5-9)15-12(18)8-17(3)13-14-10(2)16-19-13/h4-7H,8H2,1-3H3,(H,15,18). The van der Waals surface area contributed by atoms with Crippen LogP contribution in [-0.2, 0) is 4.79 Å². The number of nitrogens with zero attached hydrogens (tertiary/aromatic N) is 3. The number of nitrogens with one attached hydrogen (secondary N) is 1. The number of amides is 1. The van der Waals surface area contributed by atoms with E-state index in [1.165, 1.54) is 17.1 Å². The molecule has 2 aromatic rings. The molecule has 0 radical (unpaired) electrons. The summed E-state index contributed by atoms with van der Waals surface area (Å²) in [7, 11) is 1.83. The van der Waals surface area contributed by atoms with Crippen LogP contribution in [0.5, 0.6) is 0 Å². The lowest BCUT2D eigenvalue weighted by molar-refractivity contribution is -0.114. The van der Waals surface area contributed by atoms with Gasteiger partial charge in [0.15, 0.2) is 0 Å². The zero-order chi connectivity index (χ0) is 13.8. The number of hydrogen-bond donors (Lipinski definition) is 1. The van der Waals surface area contributed by atoms with E-state index in [-0.39, 0.29) is 12.5 Å². The van der Waals surface area contributed by atoms with Crippen molar-refractivity contribution in [2.45, 2.75) is 13.8 Å². The van der Waals surface area contributed by atoms with Crippen LogP contribution in [0.1, 0.15) is 11.4 Å². The number of carbonyl (C=O) groups is 1. The fourth-order valence-corrected chi connectivity index (χ4v) is 2.19. The second kappa shape index (κ2) is 5.79. The molecule has 0 saturated heterocycles. The molecule has 1 N–H and O–H groups in total. The summed E-state index contributed by atoms with van der Waals surface area (Å²) in [5.41, 5.74) is 1.97. The van der Waals surface area contributed by atoms with Gasteiger partial charge in [-0.1, -0.05) is 17.7 Å². The molecule has 0 fully saturated rings. The molecule has 0 aliphatic carbocycles. The Balaban J connectivity index is 1.92. The Hall–Kier alpha value is -1.95. The van der Waals surface area contributed by atoms with Gasteiger partial charge in [0.1, 0.15) is 5.82 Å². The summed E-state index contributed by atoms with van der Waals surface area (Å²) in [5, 5.41) is 3.60. The van der Waals surface area contributed by atoms with E-state index in [1.807, 2.05) is 45.2 Å². The van der Waals surface area contributed by atoms with Crippen molar-refractivity contribution in [2.24, 2.45) is 0 Å². The van der Waals surface area contributed by atoms with Crippen molar-refractivity contribution in [3.8, 4) is 0 Å². The average Bonchev–Trinajstić information content (AvgIpc) is 2.79. The van der Waals surface area contributed by atoms with E-state index in [4.69, 9.17) is 0 Å². The Kier molecular flexibility index (Phi) is 4.11. The van der Waals surface area contributed by atoms with Crippen LogP contribution in [0.4, 0.5) is 10.8 Å². The zero-order valence-electron chi connectivity index (χ0n) is 11.2. The highest BCUT2D eigenvalue weighted by Crippen LogP contribution is 2.15. The van der Waals surface area contributed by atoms with Gasteiger partial charge in [-0.25, -0.2) is 4.98 Å². The summed E-state index contributed by atoms with van der Waals surface area (Å²) in [4.78, 5) is 17.9. The number of hydrogen-bond acceptors (Lipinski definition) is 5. The highest BCUT2D eigenvalue weighted by Gasteiger charge is 2.11. The van der Waals surface area contributed by atoms with E-state index in [2.05, 4.69) is 14.7 Å². The minimum atomic E-state index is -0.0702. The first-order chi connectivity index (χ1) is 9.04. The molecule has 0 saturated carbocycles. The number of aromatic nitrogens is 2. The van der Waals surface area contributed by atoms with Crippen LogP contribution in [0.25, 0.3) is 0 Å². The Morgan fingerprint density at radius 1 is 1.32 bits per heavy atom. The Morgan fingerprint density at radius 2 is 2.00 bits per heavy atom. The van der Waals surface area contributed by atoms with Gasteiger partial charge in [0, 0.05) is 24.3 Å². The number of rotatable bonds is 4. The molecule has 19 heavy (non-hydrogen) atoms. The van der Waals surface area contributed by atoms with Gasteiger partial charge in [0.05, 0.1) is 6.54 Å². The molecule has 1 aromatic carbocycles. The average molecular weight is 276 g/mol. The summed E-state index contributed by atoms with van der Waals surface area (Å²) in [5.74, 6) is 0.657. The van der Waals surface area contributed by atoms with Gasteiger partial charge >= 0.3 is 0 Å². The molecule has 2 rings (SSSR count). The van der Waals surface area contributed by atoms with Crippen LogP contribution in [0, 0.1) is 13.8 Å². The van der Waals surface area contributed by atoms with Gasteiger partial charge in [-0.05, 0) is 26.0 Å². The van der Waals surface area contributed by atoms with Gasteiger partial charge < -0.3 is 10.2 Å².